The van der Waals surface area contributed by atoms with E-state index in [1.54, 1.807) is 35.3 Å². The van der Waals surface area contributed by atoms with Gasteiger partial charge in [-0.05, 0) is 48.1 Å². The van der Waals surface area contributed by atoms with Crippen LogP contribution in [0, 0.1) is 0 Å². The zero-order chi connectivity index (χ0) is 20.3. The zero-order valence-electron chi connectivity index (χ0n) is 16.2. The van der Waals surface area contributed by atoms with Gasteiger partial charge in [0.15, 0.2) is 0 Å². The molecule has 4 rings (SSSR count). The molecule has 1 fully saturated rings. The van der Waals surface area contributed by atoms with Gasteiger partial charge in [-0.2, -0.15) is 4.31 Å². The lowest BCUT2D eigenvalue weighted by Gasteiger charge is -2.23. The molecule has 1 unspecified atom stereocenters. The molecule has 2 aromatic rings. The number of benzene rings is 2. The fourth-order valence-corrected chi connectivity index (χ4v) is 6.23. The van der Waals surface area contributed by atoms with Crippen molar-refractivity contribution in [1.29, 1.82) is 0 Å². The molecule has 2 aliphatic heterocycles. The highest BCUT2D eigenvalue weighted by Gasteiger charge is 2.35. The molecule has 29 heavy (non-hydrogen) atoms. The molecule has 2 heterocycles. The van der Waals surface area contributed by atoms with Gasteiger partial charge in [-0.25, -0.2) is 8.42 Å². The SMILES string of the molecule is COC[C@@H]1CCCN1S(=O)(=O)c1ccc(NC2NC(c3ccccc3)=CS2)cc1. The summed E-state index contributed by atoms with van der Waals surface area (Å²) >= 11 is 1.65. The van der Waals surface area contributed by atoms with Crippen LogP contribution in [-0.2, 0) is 14.8 Å². The Morgan fingerprint density at radius 1 is 1.17 bits per heavy atom. The van der Waals surface area contributed by atoms with Gasteiger partial charge in [0.05, 0.1) is 17.2 Å². The third-order valence-electron chi connectivity index (χ3n) is 5.13. The first kappa shape index (κ1) is 20.3. The monoisotopic (exact) mass is 431 g/mol. The Labute approximate surface area is 176 Å². The number of hydrogen-bond acceptors (Lipinski definition) is 6. The number of ether oxygens (including phenoxy) is 1. The Kier molecular flexibility index (Phi) is 6.15. The molecule has 6 nitrogen and oxygen atoms in total. The van der Waals surface area contributed by atoms with Crippen LogP contribution in [0.5, 0.6) is 0 Å². The lowest BCUT2D eigenvalue weighted by molar-refractivity contribution is 0.149. The minimum atomic E-state index is -3.50. The lowest BCUT2D eigenvalue weighted by Crippen LogP contribution is -2.38. The van der Waals surface area contributed by atoms with E-state index in [2.05, 4.69) is 28.2 Å². The highest BCUT2D eigenvalue weighted by molar-refractivity contribution is 8.03. The Bertz CT molecular complexity index is 962. The molecule has 0 aromatic heterocycles. The molecule has 0 spiro atoms. The van der Waals surface area contributed by atoms with Crippen LogP contribution in [0.15, 0.2) is 64.9 Å². The quantitative estimate of drug-likeness (QED) is 0.699. The summed E-state index contributed by atoms with van der Waals surface area (Å²) in [7, 11) is -1.90. The molecular weight excluding hydrogens is 406 g/mol. The highest BCUT2D eigenvalue weighted by atomic mass is 32.2. The van der Waals surface area contributed by atoms with Crippen LogP contribution in [-0.4, -0.2) is 44.5 Å². The number of sulfonamides is 1. The molecule has 8 heteroatoms. The van der Waals surface area contributed by atoms with Gasteiger partial charge >= 0.3 is 0 Å². The second kappa shape index (κ2) is 8.79. The van der Waals surface area contributed by atoms with Gasteiger partial charge < -0.3 is 15.4 Å². The van der Waals surface area contributed by atoms with Gasteiger partial charge in [-0.1, -0.05) is 42.1 Å². The summed E-state index contributed by atoms with van der Waals surface area (Å²) in [6.45, 7) is 0.979. The number of hydrogen-bond donors (Lipinski definition) is 2. The van der Waals surface area contributed by atoms with Crippen molar-refractivity contribution in [2.75, 3.05) is 25.6 Å². The molecule has 2 aliphatic rings. The van der Waals surface area contributed by atoms with Crippen LogP contribution < -0.4 is 10.6 Å². The number of methoxy groups -OCH3 is 1. The fraction of sp³-hybridized carbons (Fsp3) is 0.333. The van der Waals surface area contributed by atoms with Crippen molar-refractivity contribution < 1.29 is 13.2 Å². The van der Waals surface area contributed by atoms with Gasteiger partial charge in [0.25, 0.3) is 0 Å². The first-order valence-electron chi connectivity index (χ1n) is 9.63. The first-order chi connectivity index (χ1) is 14.1. The maximum atomic E-state index is 13.0. The van der Waals surface area contributed by atoms with Crippen LogP contribution in [0.25, 0.3) is 5.70 Å². The summed E-state index contributed by atoms with van der Waals surface area (Å²) in [5.74, 6) is 0. The van der Waals surface area contributed by atoms with E-state index in [-0.39, 0.29) is 11.5 Å². The average molecular weight is 432 g/mol. The van der Waals surface area contributed by atoms with Crippen molar-refractivity contribution in [3.63, 3.8) is 0 Å². The van der Waals surface area contributed by atoms with Crippen molar-refractivity contribution in [2.45, 2.75) is 29.3 Å². The number of nitrogens with zero attached hydrogens (tertiary/aromatic N) is 1. The van der Waals surface area contributed by atoms with E-state index in [0.29, 0.717) is 18.0 Å². The molecule has 1 saturated heterocycles. The van der Waals surface area contributed by atoms with Gasteiger partial charge in [0.1, 0.15) is 5.50 Å². The summed E-state index contributed by atoms with van der Waals surface area (Å²) in [5, 5.41) is 8.92. The van der Waals surface area contributed by atoms with E-state index in [0.717, 1.165) is 29.8 Å². The topological polar surface area (TPSA) is 70.7 Å². The minimum Gasteiger partial charge on any atom is -0.383 e. The van der Waals surface area contributed by atoms with Gasteiger partial charge in [0, 0.05) is 25.4 Å². The van der Waals surface area contributed by atoms with Gasteiger partial charge in [-0.15, -0.1) is 0 Å². The smallest absolute Gasteiger partial charge is 0.243 e. The lowest BCUT2D eigenvalue weighted by atomic mass is 10.2. The fourth-order valence-electron chi connectivity index (χ4n) is 3.68. The molecule has 0 amide bonds. The van der Waals surface area contributed by atoms with E-state index in [4.69, 9.17) is 4.74 Å². The van der Waals surface area contributed by atoms with Crippen molar-refractivity contribution in [2.24, 2.45) is 0 Å². The van der Waals surface area contributed by atoms with Crippen LogP contribution in [0.4, 0.5) is 5.69 Å². The van der Waals surface area contributed by atoms with Crippen molar-refractivity contribution >= 4 is 33.2 Å². The Morgan fingerprint density at radius 3 is 2.66 bits per heavy atom. The molecular formula is C21H25N3O3S2. The van der Waals surface area contributed by atoms with Crippen LogP contribution >= 0.6 is 11.8 Å². The molecule has 0 aliphatic carbocycles. The Balaban J connectivity index is 1.40. The molecule has 2 aromatic carbocycles. The standard InChI is InChI=1S/C21H25N3O3S2/c1-27-14-18-8-5-13-24(18)29(25,26)19-11-9-17(10-12-19)22-21-23-20(15-28-21)16-6-3-2-4-7-16/h2-4,6-7,9-12,15,18,21-23H,5,8,13-14H2,1H3/t18-,21?/m0/s1. The normalized spacial score (nSPS) is 22.3. The first-order valence-corrected chi connectivity index (χ1v) is 12.0. The predicted molar refractivity (Wildman–Crippen MR) is 118 cm³/mol. The minimum absolute atomic E-state index is 0.00247. The van der Waals surface area contributed by atoms with Gasteiger partial charge in [-0.3, -0.25) is 0 Å². The molecule has 0 radical (unpaired) electrons. The summed E-state index contributed by atoms with van der Waals surface area (Å²) in [5.41, 5.74) is 3.08. The van der Waals surface area contributed by atoms with Crippen LogP contribution in [0.2, 0.25) is 0 Å². The van der Waals surface area contributed by atoms with E-state index >= 15 is 0 Å². The zero-order valence-corrected chi connectivity index (χ0v) is 17.9. The van der Waals surface area contributed by atoms with E-state index < -0.39 is 10.0 Å². The maximum absolute atomic E-state index is 13.0. The van der Waals surface area contributed by atoms with Crippen LogP contribution in [0.1, 0.15) is 18.4 Å². The van der Waals surface area contributed by atoms with Crippen molar-refractivity contribution in [3.05, 3.63) is 65.6 Å². The van der Waals surface area contributed by atoms with E-state index in [1.165, 1.54) is 0 Å². The number of anilines is 1. The number of nitrogens with one attached hydrogen (secondary N) is 2. The Morgan fingerprint density at radius 2 is 1.93 bits per heavy atom. The second-order valence-corrected chi connectivity index (χ2v) is 9.96. The molecule has 0 bridgehead atoms. The number of thioether (sulfide) groups is 1. The highest BCUT2D eigenvalue weighted by Crippen LogP contribution is 2.30. The summed E-state index contributed by atoms with van der Waals surface area (Å²) in [6.07, 6.45) is 1.71. The average Bonchev–Trinajstić information content (AvgIpc) is 3.39. The molecule has 2 atom stereocenters. The Hall–Kier alpha value is -2.00. The third kappa shape index (κ3) is 4.45. The maximum Gasteiger partial charge on any atom is 0.243 e. The second-order valence-electron chi connectivity index (χ2n) is 7.09. The van der Waals surface area contributed by atoms with Crippen LogP contribution in [0.3, 0.4) is 0 Å². The third-order valence-corrected chi connectivity index (χ3v) is 7.98. The van der Waals surface area contributed by atoms with Crippen molar-refractivity contribution in [1.82, 2.24) is 9.62 Å². The molecule has 0 saturated carbocycles. The van der Waals surface area contributed by atoms with Crippen molar-refractivity contribution in [3.8, 4) is 0 Å². The summed E-state index contributed by atoms with van der Waals surface area (Å²) in [6, 6.07) is 17.1. The number of rotatable bonds is 7. The summed E-state index contributed by atoms with van der Waals surface area (Å²) in [4.78, 5) is 0.321. The molecule has 2 N–H and O–H groups in total. The summed E-state index contributed by atoms with van der Waals surface area (Å²) < 4.78 is 32.8. The van der Waals surface area contributed by atoms with Gasteiger partial charge in [0.2, 0.25) is 10.0 Å². The van der Waals surface area contributed by atoms with E-state index in [9.17, 15) is 8.42 Å². The molecule has 154 valence electrons. The predicted octanol–water partition coefficient (Wildman–Crippen LogP) is 3.52. The van der Waals surface area contributed by atoms with E-state index in [1.807, 2.05) is 30.3 Å². The largest absolute Gasteiger partial charge is 0.383 e.